The van der Waals surface area contributed by atoms with E-state index >= 15 is 0 Å². The average molecular weight is 554 g/mol. The maximum Gasteiger partial charge on any atom is 0.356 e. The van der Waals surface area contributed by atoms with E-state index in [1.807, 2.05) is 85.7 Å². The summed E-state index contributed by atoms with van der Waals surface area (Å²) in [6.45, 7) is -0.213. The van der Waals surface area contributed by atoms with Crippen LogP contribution in [0.1, 0.15) is 17.2 Å². The molecule has 2 unspecified atom stereocenters. The lowest BCUT2D eigenvalue weighted by atomic mass is 9.98. The highest BCUT2D eigenvalue weighted by molar-refractivity contribution is 6.02. The maximum absolute atomic E-state index is 13.8. The summed E-state index contributed by atoms with van der Waals surface area (Å²) in [5, 5.41) is 2.67. The molecule has 2 aliphatic rings. The molecule has 1 saturated heterocycles. The molecule has 2 heterocycles. The smallest absolute Gasteiger partial charge is 0.356 e. The summed E-state index contributed by atoms with van der Waals surface area (Å²) in [7, 11) is 3.69. The standard InChI is InChI=1S/C32H31N3O6/c1-34(2)19-18-24-20-40-31-27(33-26(36)21-39-25-16-10-5-11-17-25)30(37)35(31)28(24)32(38)41-29(22-12-6-3-7-13-22)23-14-8-4-9-15-23/h3-19,27,29,31H,20-21H2,1-2H3,(H,33,36). The zero-order valence-corrected chi connectivity index (χ0v) is 22.8. The number of carbonyl (C=O) groups excluding carboxylic acids is 3. The Labute approximate surface area is 238 Å². The van der Waals surface area contributed by atoms with E-state index in [2.05, 4.69) is 5.32 Å². The number of nitrogens with one attached hydrogen (secondary N) is 1. The van der Waals surface area contributed by atoms with Gasteiger partial charge in [0.2, 0.25) is 0 Å². The van der Waals surface area contributed by atoms with Crippen LogP contribution in [0.2, 0.25) is 0 Å². The first-order valence-corrected chi connectivity index (χ1v) is 13.2. The Morgan fingerprint density at radius 2 is 1.56 bits per heavy atom. The molecule has 0 spiro atoms. The zero-order valence-electron chi connectivity index (χ0n) is 22.8. The summed E-state index contributed by atoms with van der Waals surface area (Å²) in [6, 6.07) is 26.8. The summed E-state index contributed by atoms with van der Waals surface area (Å²) in [6.07, 6.45) is 1.94. The molecule has 0 saturated carbocycles. The fraction of sp³-hybridized carbons (Fsp3) is 0.219. The van der Waals surface area contributed by atoms with Gasteiger partial charge < -0.3 is 24.4 Å². The fourth-order valence-electron chi connectivity index (χ4n) is 4.63. The second-order valence-corrected chi connectivity index (χ2v) is 9.82. The molecule has 5 rings (SSSR count). The van der Waals surface area contributed by atoms with Crippen molar-refractivity contribution in [3.8, 4) is 5.75 Å². The Hall–Kier alpha value is -4.89. The van der Waals surface area contributed by atoms with Crippen molar-refractivity contribution < 1.29 is 28.6 Å². The summed E-state index contributed by atoms with van der Waals surface area (Å²) >= 11 is 0. The summed E-state index contributed by atoms with van der Waals surface area (Å²) in [5.41, 5.74) is 2.16. The third-order valence-electron chi connectivity index (χ3n) is 6.62. The summed E-state index contributed by atoms with van der Waals surface area (Å²) in [5.74, 6) is -1.08. The molecular weight excluding hydrogens is 522 g/mol. The van der Waals surface area contributed by atoms with E-state index in [4.69, 9.17) is 14.2 Å². The molecule has 3 aromatic rings. The molecule has 9 heteroatoms. The lowest BCUT2D eigenvalue weighted by molar-refractivity contribution is -0.186. The van der Waals surface area contributed by atoms with E-state index < -0.39 is 36.2 Å². The van der Waals surface area contributed by atoms with Gasteiger partial charge in [-0.15, -0.1) is 0 Å². The van der Waals surface area contributed by atoms with E-state index in [9.17, 15) is 14.4 Å². The molecule has 41 heavy (non-hydrogen) atoms. The molecule has 2 atom stereocenters. The maximum atomic E-state index is 13.8. The van der Waals surface area contributed by atoms with Crippen molar-refractivity contribution in [1.82, 2.24) is 15.1 Å². The number of rotatable bonds is 10. The zero-order chi connectivity index (χ0) is 28.8. The fourth-order valence-corrected chi connectivity index (χ4v) is 4.63. The highest BCUT2D eigenvalue weighted by atomic mass is 16.6. The monoisotopic (exact) mass is 553 g/mol. The van der Waals surface area contributed by atoms with Gasteiger partial charge in [0, 0.05) is 19.7 Å². The van der Waals surface area contributed by atoms with E-state index in [-0.39, 0.29) is 18.9 Å². The normalized spacial score (nSPS) is 18.1. The number of esters is 1. The van der Waals surface area contributed by atoms with Crippen LogP contribution in [0.5, 0.6) is 5.75 Å². The third-order valence-corrected chi connectivity index (χ3v) is 6.62. The number of hydrogen-bond acceptors (Lipinski definition) is 7. The molecule has 1 N–H and O–H groups in total. The molecule has 3 aromatic carbocycles. The van der Waals surface area contributed by atoms with Gasteiger partial charge in [0.1, 0.15) is 11.4 Å². The Bertz CT molecular complexity index is 1400. The van der Waals surface area contributed by atoms with Crippen LogP contribution in [0.15, 0.2) is 115 Å². The van der Waals surface area contributed by atoms with E-state index in [0.717, 1.165) is 11.1 Å². The number of ether oxygens (including phenoxy) is 3. The van der Waals surface area contributed by atoms with Gasteiger partial charge in [-0.3, -0.25) is 14.5 Å². The van der Waals surface area contributed by atoms with E-state index in [1.165, 1.54) is 4.90 Å². The molecule has 0 aromatic heterocycles. The third kappa shape index (κ3) is 6.31. The topological polar surface area (TPSA) is 97.4 Å². The molecular formula is C32H31N3O6. The Morgan fingerprint density at radius 3 is 2.15 bits per heavy atom. The van der Waals surface area contributed by atoms with Crippen molar-refractivity contribution in [2.24, 2.45) is 0 Å². The van der Waals surface area contributed by atoms with Crippen LogP contribution >= 0.6 is 0 Å². The molecule has 0 radical (unpaired) electrons. The first kappa shape index (κ1) is 27.7. The highest BCUT2D eigenvalue weighted by Gasteiger charge is 2.55. The Balaban J connectivity index is 1.37. The summed E-state index contributed by atoms with van der Waals surface area (Å²) in [4.78, 5) is 42.8. The van der Waals surface area contributed by atoms with Crippen molar-refractivity contribution in [3.63, 3.8) is 0 Å². The van der Waals surface area contributed by atoms with Gasteiger partial charge >= 0.3 is 5.97 Å². The van der Waals surface area contributed by atoms with E-state index in [0.29, 0.717) is 11.3 Å². The van der Waals surface area contributed by atoms with Gasteiger partial charge in [-0.1, -0.05) is 78.9 Å². The van der Waals surface area contributed by atoms with Gasteiger partial charge in [-0.25, -0.2) is 4.79 Å². The van der Waals surface area contributed by atoms with Crippen LogP contribution < -0.4 is 10.1 Å². The molecule has 2 aliphatic heterocycles. The van der Waals surface area contributed by atoms with Crippen LogP contribution in [-0.4, -0.2) is 67.2 Å². The van der Waals surface area contributed by atoms with Gasteiger partial charge in [-0.05, 0) is 35.5 Å². The Morgan fingerprint density at radius 1 is 0.976 bits per heavy atom. The van der Waals surface area contributed by atoms with Crippen LogP contribution in [0.25, 0.3) is 0 Å². The van der Waals surface area contributed by atoms with Gasteiger partial charge in [0.15, 0.2) is 25.0 Å². The predicted octanol–water partition coefficient (Wildman–Crippen LogP) is 3.41. The van der Waals surface area contributed by atoms with E-state index in [1.54, 1.807) is 36.5 Å². The van der Waals surface area contributed by atoms with Crippen LogP contribution in [0.3, 0.4) is 0 Å². The Kier molecular flexibility index (Phi) is 8.45. The van der Waals surface area contributed by atoms with Crippen LogP contribution in [-0.2, 0) is 23.9 Å². The predicted molar refractivity (Wildman–Crippen MR) is 151 cm³/mol. The number of β-lactam (4-membered cyclic amide) rings is 1. The van der Waals surface area contributed by atoms with Crippen molar-refractivity contribution in [2.75, 3.05) is 27.3 Å². The number of amides is 2. The van der Waals surface area contributed by atoms with Crippen molar-refractivity contribution in [3.05, 3.63) is 126 Å². The number of fused-ring (bicyclic) bond motifs is 1. The lowest BCUT2D eigenvalue weighted by Gasteiger charge is -2.49. The van der Waals surface area contributed by atoms with Crippen LogP contribution in [0.4, 0.5) is 0 Å². The molecule has 210 valence electrons. The lowest BCUT2D eigenvalue weighted by Crippen LogP contribution is -2.73. The largest absolute Gasteiger partial charge is 0.484 e. The number of benzene rings is 3. The molecule has 0 aliphatic carbocycles. The van der Waals surface area contributed by atoms with Gasteiger partial charge in [0.25, 0.3) is 11.8 Å². The quantitative estimate of drug-likeness (QED) is 0.304. The SMILES string of the molecule is CN(C)C=CC1=C(C(=O)OC(c2ccccc2)c2ccccc2)N2C(=O)C(NC(=O)COc3ccccc3)C2OC1. The highest BCUT2D eigenvalue weighted by Crippen LogP contribution is 2.36. The van der Waals surface area contributed by atoms with Crippen molar-refractivity contribution in [2.45, 2.75) is 18.4 Å². The molecule has 0 bridgehead atoms. The summed E-state index contributed by atoms with van der Waals surface area (Å²) < 4.78 is 17.5. The van der Waals surface area contributed by atoms with Gasteiger partial charge in [0.05, 0.1) is 6.61 Å². The molecule has 9 nitrogen and oxygen atoms in total. The molecule has 1 fully saturated rings. The number of carbonyl (C=O) groups is 3. The average Bonchev–Trinajstić information content (AvgIpc) is 3.01. The number of hydrogen-bond donors (Lipinski definition) is 1. The first-order valence-electron chi connectivity index (χ1n) is 13.2. The minimum absolute atomic E-state index is 0.0530. The number of nitrogens with zero attached hydrogens (tertiary/aromatic N) is 2. The van der Waals surface area contributed by atoms with Crippen molar-refractivity contribution in [1.29, 1.82) is 0 Å². The first-order chi connectivity index (χ1) is 19.9. The van der Waals surface area contributed by atoms with Crippen LogP contribution in [0, 0.1) is 0 Å². The second-order valence-electron chi connectivity index (χ2n) is 9.82. The minimum atomic E-state index is -0.955. The number of para-hydroxylation sites is 1. The van der Waals surface area contributed by atoms with Crippen molar-refractivity contribution >= 4 is 17.8 Å². The second kappa shape index (κ2) is 12.5. The molecule has 2 amide bonds. The minimum Gasteiger partial charge on any atom is -0.484 e. The van der Waals surface area contributed by atoms with Gasteiger partial charge in [-0.2, -0.15) is 0 Å².